The lowest BCUT2D eigenvalue weighted by Gasteiger charge is -2.12. The Bertz CT molecular complexity index is 540. The lowest BCUT2D eigenvalue weighted by Crippen LogP contribution is -2.04. The van der Waals surface area contributed by atoms with E-state index in [0.717, 1.165) is 17.0 Å². The fraction of sp³-hybridized carbons (Fsp3) is 0.200. The largest absolute Gasteiger partial charge is 0.488 e. The fourth-order valence-corrected chi connectivity index (χ4v) is 1.81. The zero-order chi connectivity index (χ0) is 13.0. The first-order chi connectivity index (χ1) is 8.72. The van der Waals surface area contributed by atoms with E-state index in [9.17, 15) is 4.39 Å². The predicted molar refractivity (Wildman–Crippen MR) is 71.5 cm³/mol. The Kier molecular flexibility index (Phi) is 3.82. The summed E-state index contributed by atoms with van der Waals surface area (Å²) < 4.78 is 19.4. The van der Waals surface area contributed by atoms with E-state index in [1.165, 1.54) is 6.07 Å². The molecule has 2 nitrogen and oxygen atoms in total. The molecule has 0 saturated heterocycles. The molecule has 2 aromatic rings. The third-order valence-electron chi connectivity index (χ3n) is 2.85. The van der Waals surface area contributed by atoms with Crippen molar-refractivity contribution in [3.8, 4) is 5.75 Å². The maximum absolute atomic E-state index is 13.7. The fourth-order valence-electron chi connectivity index (χ4n) is 1.81. The van der Waals surface area contributed by atoms with Gasteiger partial charge >= 0.3 is 0 Å². The number of para-hydroxylation sites is 1. The number of hydrogen-bond acceptors (Lipinski definition) is 2. The quantitative estimate of drug-likeness (QED) is 0.885. The molecule has 94 valence electrons. The number of ether oxygens (including phenoxy) is 1. The summed E-state index contributed by atoms with van der Waals surface area (Å²) in [6, 6.07) is 12.7. The Labute approximate surface area is 106 Å². The van der Waals surface area contributed by atoms with Crippen LogP contribution in [0.15, 0.2) is 42.5 Å². The molecule has 0 aliphatic heterocycles. The molecule has 0 heterocycles. The van der Waals surface area contributed by atoms with E-state index in [-0.39, 0.29) is 12.4 Å². The number of anilines is 1. The number of benzene rings is 2. The highest BCUT2D eigenvalue weighted by Gasteiger charge is 2.08. The summed E-state index contributed by atoms with van der Waals surface area (Å²) in [5.74, 6) is 0.526. The van der Waals surface area contributed by atoms with Crippen LogP contribution in [0, 0.1) is 12.7 Å². The average Bonchev–Trinajstić information content (AvgIpc) is 2.39. The Morgan fingerprint density at radius 1 is 1.11 bits per heavy atom. The van der Waals surface area contributed by atoms with Crippen LogP contribution >= 0.6 is 0 Å². The number of nitrogens with one attached hydrogen (secondary N) is 1. The number of aryl methyl sites for hydroxylation is 1. The van der Waals surface area contributed by atoms with Crippen LogP contribution in [0.5, 0.6) is 5.75 Å². The molecular weight excluding hydrogens is 229 g/mol. The van der Waals surface area contributed by atoms with E-state index in [0.29, 0.717) is 5.56 Å². The SMILES string of the molecule is CNc1cccc(F)c1COc1ccccc1C. The van der Waals surface area contributed by atoms with E-state index in [1.807, 2.05) is 37.3 Å². The Morgan fingerprint density at radius 2 is 1.89 bits per heavy atom. The van der Waals surface area contributed by atoms with Gasteiger partial charge in [0.1, 0.15) is 18.2 Å². The summed E-state index contributed by atoms with van der Waals surface area (Å²) >= 11 is 0. The third-order valence-corrected chi connectivity index (χ3v) is 2.85. The van der Waals surface area contributed by atoms with Gasteiger partial charge < -0.3 is 10.1 Å². The van der Waals surface area contributed by atoms with Gasteiger partial charge in [0.2, 0.25) is 0 Å². The lowest BCUT2D eigenvalue weighted by atomic mass is 10.1. The molecule has 1 N–H and O–H groups in total. The van der Waals surface area contributed by atoms with Gasteiger partial charge in [0, 0.05) is 18.3 Å². The number of rotatable bonds is 4. The first-order valence-corrected chi connectivity index (χ1v) is 5.86. The molecule has 2 aromatic carbocycles. The minimum atomic E-state index is -0.254. The second-order valence-corrected chi connectivity index (χ2v) is 4.07. The normalized spacial score (nSPS) is 10.2. The van der Waals surface area contributed by atoms with Crippen molar-refractivity contribution in [3.05, 3.63) is 59.4 Å². The minimum Gasteiger partial charge on any atom is -0.488 e. The molecule has 0 amide bonds. The van der Waals surface area contributed by atoms with Gasteiger partial charge in [-0.3, -0.25) is 0 Å². The Hall–Kier alpha value is -2.03. The van der Waals surface area contributed by atoms with Crippen molar-refractivity contribution in [1.82, 2.24) is 0 Å². The molecule has 0 aliphatic rings. The van der Waals surface area contributed by atoms with Gasteiger partial charge in [-0.1, -0.05) is 24.3 Å². The minimum absolute atomic E-state index is 0.216. The lowest BCUT2D eigenvalue weighted by molar-refractivity contribution is 0.298. The summed E-state index contributed by atoms with van der Waals surface area (Å²) in [4.78, 5) is 0. The van der Waals surface area contributed by atoms with Crippen molar-refractivity contribution in [2.45, 2.75) is 13.5 Å². The maximum atomic E-state index is 13.7. The third kappa shape index (κ3) is 2.62. The van der Waals surface area contributed by atoms with Crippen LogP contribution in [0.3, 0.4) is 0 Å². The molecule has 0 bridgehead atoms. The van der Waals surface area contributed by atoms with E-state index in [2.05, 4.69) is 5.32 Å². The molecule has 0 radical (unpaired) electrons. The Balaban J connectivity index is 2.18. The zero-order valence-corrected chi connectivity index (χ0v) is 10.5. The second kappa shape index (κ2) is 5.54. The molecule has 0 atom stereocenters. The molecule has 0 aliphatic carbocycles. The standard InChI is InChI=1S/C15H16FNO/c1-11-6-3-4-9-15(11)18-10-12-13(16)7-5-8-14(12)17-2/h3-9,17H,10H2,1-2H3. The van der Waals surface area contributed by atoms with E-state index >= 15 is 0 Å². The zero-order valence-electron chi connectivity index (χ0n) is 10.5. The van der Waals surface area contributed by atoms with Gasteiger partial charge in [0.25, 0.3) is 0 Å². The summed E-state index contributed by atoms with van der Waals surface area (Å²) in [6.07, 6.45) is 0. The molecule has 2 rings (SSSR count). The van der Waals surface area contributed by atoms with Gasteiger partial charge in [-0.05, 0) is 30.7 Å². The van der Waals surface area contributed by atoms with Gasteiger partial charge in [0.15, 0.2) is 0 Å². The molecule has 18 heavy (non-hydrogen) atoms. The molecule has 0 fully saturated rings. The van der Waals surface area contributed by atoms with Crippen molar-refractivity contribution < 1.29 is 9.13 Å². The topological polar surface area (TPSA) is 21.3 Å². The summed E-state index contributed by atoms with van der Waals surface area (Å²) in [7, 11) is 1.77. The van der Waals surface area contributed by atoms with Gasteiger partial charge in [-0.2, -0.15) is 0 Å². The molecule has 0 spiro atoms. The average molecular weight is 245 g/mol. The van der Waals surface area contributed by atoms with Gasteiger partial charge in [0.05, 0.1) is 0 Å². The van der Waals surface area contributed by atoms with Crippen molar-refractivity contribution in [1.29, 1.82) is 0 Å². The molecule has 0 unspecified atom stereocenters. The van der Waals surface area contributed by atoms with E-state index in [1.54, 1.807) is 13.1 Å². The number of halogens is 1. The highest BCUT2D eigenvalue weighted by atomic mass is 19.1. The van der Waals surface area contributed by atoms with Crippen LogP contribution in [0.1, 0.15) is 11.1 Å². The number of hydrogen-bond donors (Lipinski definition) is 1. The van der Waals surface area contributed by atoms with Crippen molar-refractivity contribution in [2.24, 2.45) is 0 Å². The van der Waals surface area contributed by atoms with Gasteiger partial charge in [-0.25, -0.2) is 4.39 Å². The maximum Gasteiger partial charge on any atom is 0.131 e. The van der Waals surface area contributed by atoms with Crippen molar-refractivity contribution >= 4 is 5.69 Å². The highest BCUT2D eigenvalue weighted by Crippen LogP contribution is 2.22. The van der Waals surface area contributed by atoms with Crippen LogP contribution in [0.25, 0.3) is 0 Å². The predicted octanol–water partition coefficient (Wildman–Crippen LogP) is 3.75. The first kappa shape index (κ1) is 12.4. The van der Waals surface area contributed by atoms with Crippen LogP contribution in [-0.4, -0.2) is 7.05 Å². The van der Waals surface area contributed by atoms with E-state index < -0.39 is 0 Å². The monoisotopic (exact) mass is 245 g/mol. The van der Waals surface area contributed by atoms with Crippen molar-refractivity contribution in [2.75, 3.05) is 12.4 Å². The smallest absolute Gasteiger partial charge is 0.131 e. The summed E-state index contributed by atoms with van der Waals surface area (Å²) in [6.45, 7) is 2.18. The van der Waals surface area contributed by atoms with Gasteiger partial charge in [-0.15, -0.1) is 0 Å². The Morgan fingerprint density at radius 3 is 2.61 bits per heavy atom. The summed E-state index contributed by atoms with van der Waals surface area (Å²) in [5.41, 5.74) is 2.34. The van der Waals surface area contributed by atoms with Crippen LogP contribution < -0.4 is 10.1 Å². The summed E-state index contributed by atoms with van der Waals surface area (Å²) in [5, 5.41) is 2.97. The molecular formula is C15H16FNO. The first-order valence-electron chi connectivity index (χ1n) is 5.86. The van der Waals surface area contributed by atoms with Crippen molar-refractivity contribution in [3.63, 3.8) is 0 Å². The second-order valence-electron chi connectivity index (χ2n) is 4.07. The van der Waals surface area contributed by atoms with E-state index in [4.69, 9.17) is 4.74 Å². The highest BCUT2D eigenvalue weighted by molar-refractivity contribution is 5.51. The van der Waals surface area contributed by atoms with Crippen LogP contribution in [-0.2, 0) is 6.61 Å². The molecule has 3 heteroatoms. The molecule has 0 saturated carbocycles. The molecule has 0 aromatic heterocycles. The van der Waals surface area contributed by atoms with Crippen LogP contribution in [0.2, 0.25) is 0 Å². The van der Waals surface area contributed by atoms with Crippen LogP contribution in [0.4, 0.5) is 10.1 Å².